The number of carboxylic acids is 1. The third-order valence-corrected chi connectivity index (χ3v) is 9.29. The molecule has 1 aliphatic carbocycles. The Labute approximate surface area is 262 Å². The van der Waals surface area contributed by atoms with E-state index in [1.807, 2.05) is 42.5 Å². The van der Waals surface area contributed by atoms with Crippen LogP contribution in [-0.4, -0.2) is 54.5 Å². The van der Waals surface area contributed by atoms with Crippen molar-refractivity contribution in [1.29, 1.82) is 0 Å². The van der Waals surface area contributed by atoms with Crippen molar-refractivity contribution in [1.82, 2.24) is 4.57 Å². The number of aromatic nitrogens is 1. The number of ether oxygens (including phenoxy) is 3. The maximum absolute atomic E-state index is 11.9. The van der Waals surface area contributed by atoms with Crippen LogP contribution in [0.25, 0.3) is 22.2 Å². The van der Waals surface area contributed by atoms with Gasteiger partial charge in [-0.15, -0.1) is 0 Å². The maximum atomic E-state index is 11.9. The van der Waals surface area contributed by atoms with Gasteiger partial charge in [-0.1, -0.05) is 25.3 Å². The molecule has 2 fully saturated rings. The van der Waals surface area contributed by atoms with Gasteiger partial charge in [0.2, 0.25) is 5.91 Å². The molecular formula is C36H39N3O6. The second-order valence-electron chi connectivity index (χ2n) is 12.2. The minimum absolute atomic E-state index is 0.118. The molecule has 1 saturated carbocycles. The zero-order valence-electron chi connectivity index (χ0n) is 25.6. The Hall–Kier alpha value is -4.50. The van der Waals surface area contributed by atoms with Crippen LogP contribution in [-0.2, 0) is 22.7 Å². The van der Waals surface area contributed by atoms with Gasteiger partial charge in [-0.2, -0.15) is 0 Å². The Bertz CT molecular complexity index is 1750. The summed E-state index contributed by atoms with van der Waals surface area (Å²) in [4.78, 5) is 25.9. The molecule has 1 aromatic heterocycles. The smallest absolute Gasteiger partial charge is 0.335 e. The van der Waals surface area contributed by atoms with Crippen LogP contribution in [0.15, 0.2) is 54.6 Å². The molecule has 4 aromatic rings. The van der Waals surface area contributed by atoms with Crippen molar-refractivity contribution < 1.29 is 28.9 Å². The molecule has 0 radical (unpaired) electrons. The first-order chi connectivity index (χ1) is 22.0. The zero-order valence-corrected chi connectivity index (χ0v) is 25.6. The summed E-state index contributed by atoms with van der Waals surface area (Å²) in [6, 6.07) is 17.5. The highest BCUT2D eigenvalue weighted by Crippen LogP contribution is 2.48. The molecule has 1 amide bonds. The van der Waals surface area contributed by atoms with E-state index in [1.54, 1.807) is 6.07 Å². The SMILES string of the molecule is CC(=O)Nc1ccc(N2CCOCC2)c(COc2ccc3c(c2)OCCn2c-3c(C3CCCCC3)c3ccc(C(=O)O)cc32)c1. The number of carbonyl (C=O) groups excluding carboxylic acids is 1. The lowest BCUT2D eigenvalue weighted by molar-refractivity contribution is -0.114. The molecule has 2 N–H and O–H groups in total. The highest BCUT2D eigenvalue weighted by Gasteiger charge is 2.30. The van der Waals surface area contributed by atoms with E-state index >= 15 is 0 Å². The van der Waals surface area contributed by atoms with Crippen molar-refractivity contribution in [2.24, 2.45) is 0 Å². The molecule has 0 atom stereocenters. The molecule has 0 unspecified atom stereocenters. The number of benzene rings is 3. The quantitative estimate of drug-likeness (QED) is 0.237. The average Bonchev–Trinajstić information content (AvgIpc) is 3.25. The van der Waals surface area contributed by atoms with E-state index < -0.39 is 5.97 Å². The lowest BCUT2D eigenvalue weighted by atomic mass is 9.81. The summed E-state index contributed by atoms with van der Waals surface area (Å²) in [6.45, 7) is 5.87. The zero-order chi connectivity index (χ0) is 30.9. The summed E-state index contributed by atoms with van der Waals surface area (Å²) >= 11 is 0. The lowest BCUT2D eigenvalue weighted by Gasteiger charge is -2.31. The Morgan fingerprint density at radius 1 is 0.956 bits per heavy atom. The average molecular weight is 610 g/mol. The van der Waals surface area contributed by atoms with Gasteiger partial charge in [0.25, 0.3) is 0 Å². The molecule has 2 aliphatic heterocycles. The van der Waals surface area contributed by atoms with Crippen LogP contribution < -0.4 is 19.7 Å². The van der Waals surface area contributed by atoms with Crippen molar-refractivity contribution in [2.75, 3.05) is 43.1 Å². The van der Waals surface area contributed by atoms with Gasteiger partial charge in [-0.3, -0.25) is 4.79 Å². The molecule has 9 heteroatoms. The molecule has 7 rings (SSSR count). The topological polar surface area (TPSA) is 102 Å². The van der Waals surface area contributed by atoms with Gasteiger partial charge in [-0.25, -0.2) is 4.79 Å². The number of rotatable bonds is 7. The third-order valence-electron chi connectivity index (χ3n) is 9.29. The standard InChI is InChI=1S/C36H39N3O6/c1-23(40)37-27-8-12-31(38-13-16-43-17-14-38)26(19-27)22-45-28-9-11-30-33(21-28)44-18-15-39-32-20-25(36(41)42)7-10-29(32)34(35(30)39)24-5-3-2-4-6-24/h7-12,19-21,24H,2-6,13-18,22H2,1H3,(H,37,40)(H,41,42). The number of hydrogen-bond acceptors (Lipinski definition) is 6. The molecule has 0 spiro atoms. The van der Waals surface area contributed by atoms with Crippen LogP contribution in [0.2, 0.25) is 0 Å². The number of fused-ring (bicyclic) bond motifs is 5. The Morgan fingerprint density at radius 2 is 1.78 bits per heavy atom. The van der Waals surface area contributed by atoms with Crippen LogP contribution in [0.5, 0.6) is 11.5 Å². The molecule has 234 valence electrons. The van der Waals surface area contributed by atoms with Crippen LogP contribution in [0.4, 0.5) is 11.4 Å². The van der Waals surface area contributed by atoms with Crippen molar-refractivity contribution in [2.45, 2.75) is 58.1 Å². The van der Waals surface area contributed by atoms with E-state index in [0.29, 0.717) is 50.2 Å². The van der Waals surface area contributed by atoms with E-state index in [4.69, 9.17) is 14.2 Å². The third kappa shape index (κ3) is 5.84. The van der Waals surface area contributed by atoms with E-state index in [2.05, 4.69) is 20.9 Å². The van der Waals surface area contributed by atoms with Gasteiger partial charge in [0.1, 0.15) is 24.7 Å². The molecule has 1 saturated heterocycles. The predicted octanol–water partition coefficient (Wildman–Crippen LogP) is 6.82. The highest BCUT2D eigenvalue weighted by molar-refractivity contribution is 5.99. The van der Waals surface area contributed by atoms with Gasteiger partial charge in [0.15, 0.2) is 0 Å². The van der Waals surface area contributed by atoms with Crippen LogP contribution >= 0.6 is 0 Å². The van der Waals surface area contributed by atoms with E-state index in [9.17, 15) is 14.7 Å². The van der Waals surface area contributed by atoms with E-state index in [1.165, 1.54) is 31.7 Å². The monoisotopic (exact) mass is 609 g/mol. The molecule has 3 aromatic carbocycles. The number of nitrogens with one attached hydrogen (secondary N) is 1. The van der Waals surface area contributed by atoms with Crippen molar-refractivity contribution >= 4 is 34.2 Å². The number of morpholine rings is 1. The predicted molar refractivity (Wildman–Crippen MR) is 174 cm³/mol. The van der Waals surface area contributed by atoms with Crippen LogP contribution in [0.1, 0.15) is 66.4 Å². The Morgan fingerprint density at radius 3 is 2.56 bits per heavy atom. The van der Waals surface area contributed by atoms with E-state index in [0.717, 1.165) is 70.8 Å². The van der Waals surface area contributed by atoms with Crippen LogP contribution in [0.3, 0.4) is 0 Å². The molecular weight excluding hydrogens is 570 g/mol. The first-order valence-corrected chi connectivity index (χ1v) is 16.0. The van der Waals surface area contributed by atoms with Crippen LogP contribution in [0, 0.1) is 0 Å². The lowest BCUT2D eigenvalue weighted by Crippen LogP contribution is -2.36. The fourth-order valence-corrected chi connectivity index (χ4v) is 7.25. The van der Waals surface area contributed by atoms with Gasteiger partial charge < -0.3 is 34.1 Å². The van der Waals surface area contributed by atoms with Gasteiger partial charge in [0.05, 0.1) is 31.0 Å². The number of carboxylic acid groups (broad SMARTS) is 1. The minimum Gasteiger partial charge on any atom is -0.491 e. The molecule has 45 heavy (non-hydrogen) atoms. The summed E-state index contributed by atoms with van der Waals surface area (Å²) in [5.74, 6) is 0.851. The summed E-state index contributed by atoms with van der Waals surface area (Å²) in [5, 5.41) is 13.8. The van der Waals surface area contributed by atoms with Gasteiger partial charge in [0, 0.05) is 59.5 Å². The number of nitrogens with zero attached hydrogens (tertiary/aromatic N) is 2. The van der Waals surface area contributed by atoms with Crippen molar-refractivity contribution in [3.63, 3.8) is 0 Å². The summed E-state index contributed by atoms with van der Waals surface area (Å²) < 4.78 is 20.6. The first-order valence-electron chi connectivity index (χ1n) is 16.0. The molecule has 0 bridgehead atoms. The highest BCUT2D eigenvalue weighted by atomic mass is 16.5. The number of amides is 1. The summed E-state index contributed by atoms with van der Waals surface area (Å²) in [6.07, 6.45) is 5.93. The van der Waals surface area contributed by atoms with Crippen molar-refractivity contribution in [3.8, 4) is 22.8 Å². The first kappa shape index (κ1) is 29.2. The number of anilines is 2. The van der Waals surface area contributed by atoms with Gasteiger partial charge in [-0.05, 0) is 66.8 Å². The number of hydrogen-bond donors (Lipinski definition) is 2. The second kappa shape index (κ2) is 12.5. The fraction of sp³-hybridized carbons (Fsp3) is 0.389. The summed E-state index contributed by atoms with van der Waals surface area (Å²) in [5.41, 5.74) is 7.49. The molecule has 3 aliphatic rings. The number of aromatic carboxylic acids is 1. The normalized spacial score (nSPS) is 16.8. The Balaban J connectivity index is 1.24. The molecule has 3 heterocycles. The largest absolute Gasteiger partial charge is 0.491 e. The second-order valence-corrected chi connectivity index (χ2v) is 12.2. The maximum Gasteiger partial charge on any atom is 0.335 e. The molecule has 9 nitrogen and oxygen atoms in total. The fourth-order valence-electron chi connectivity index (χ4n) is 7.25. The summed E-state index contributed by atoms with van der Waals surface area (Å²) in [7, 11) is 0. The minimum atomic E-state index is -0.918. The van der Waals surface area contributed by atoms with Gasteiger partial charge >= 0.3 is 5.97 Å². The van der Waals surface area contributed by atoms with E-state index in [-0.39, 0.29) is 5.91 Å². The van der Waals surface area contributed by atoms with Crippen molar-refractivity contribution in [3.05, 3.63) is 71.3 Å². The Kier molecular flexibility index (Phi) is 8.10. The number of carbonyl (C=O) groups is 2.